The van der Waals surface area contributed by atoms with Gasteiger partial charge in [0.25, 0.3) is 5.69 Å². The largest absolute Gasteiger partial charge is 0.454 e. The van der Waals surface area contributed by atoms with Crippen LogP contribution >= 0.6 is 11.3 Å². The molecule has 0 saturated heterocycles. The van der Waals surface area contributed by atoms with Crippen molar-refractivity contribution in [3.63, 3.8) is 0 Å². The van der Waals surface area contributed by atoms with Crippen molar-refractivity contribution in [1.29, 1.82) is 0 Å². The first kappa shape index (κ1) is 17.7. The Morgan fingerprint density at radius 3 is 2.75 bits per heavy atom. The van der Waals surface area contributed by atoms with Crippen LogP contribution in [0.1, 0.15) is 5.56 Å². The van der Waals surface area contributed by atoms with Crippen LogP contribution in [0.2, 0.25) is 0 Å². The molecule has 0 aliphatic carbocycles. The molecule has 0 unspecified atom stereocenters. The van der Waals surface area contributed by atoms with Crippen LogP contribution in [0.5, 0.6) is 11.5 Å². The average molecular weight is 395 g/mol. The Kier molecular flexibility index (Phi) is 4.73. The third-order valence-corrected chi connectivity index (χ3v) is 4.69. The van der Waals surface area contributed by atoms with Gasteiger partial charge in [0.15, 0.2) is 16.6 Å². The third-order valence-electron chi connectivity index (χ3n) is 3.93. The van der Waals surface area contributed by atoms with Gasteiger partial charge >= 0.3 is 0 Å². The summed E-state index contributed by atoms with van der Waals surface area (Å²) in [5.41, 5.74) is 2.19. The Morgan fingerprint density at radius 2 is 1.96 bits per heavy atom. The van der Waals surface area contributed by atoms with Crippen LogP contribution in [0, 0.1) is 10.1 Å². The molecule has 28 heavy (non-hydrogen) atoms. The fourth-order valence-corrected chi connectivity index (χ4v) is 3.28. The molecule has 0 atom stereocenters. The maximum absolute atomic E-state index is 12.1. The third kappa shape index (κ3) is 3.84. The summed E-state index contributed by atoms with van der Waals surface area (Å²) in [6.45, 7) is 0.199. The molecule has 0 spiro atoms. The number of nitrogens with one attached hydrogen (secondary N) is 1. The number of nitrogens with zero attached hydrogens (tertiary/aromatic N) is 2. The average Bonchev–Trinajstić information content (AvgIpc) is 3.35. The van der Waals surface area contributed by atoms with Gasteiger partial charge in [0.2, 0.25) is 12.7 Å². The van der Waals surface area contributed by atoms with Crippen molar-refractivity contribution in [3.8, 4) is 22.8 Å². The molecule has 140 valence electrons. The minimum Gasteiger partial charge on any atom is -0.454 e. The number of nitro groups is 1. The van der Waals surface area contributed by atoms with Crippen molar-refractivity contribution < 1.29 is 19.2 Å². The molecule has 1 aromatic heterocycles. The number of aromatic nitrogens is 1. The SMILES string of the molecule is O=C(C=Cc1ccc2c(c1)OCO2)Nc1nc(-c2ccc([N+](=O)[O-])cc2)cs1. The number of fused-ring (bicyclic) bond motifs is 1. The van der Waals surface area contributed by atoms with Crippen LogP contribution in [0.25, 0.3) is 17.3 Å². The monoisotopic (exact) mass is 395 g/mol. The fourth-order valence-electron chi connectivity index (χ4n) is 2.55. The van der Waals surface area contributed by atoms with Crippen LogP contribution in [0.4, 0.5) is 10.8 Å². The lowest BCUT2D eigenvalue weighted by Gasteiger charge is -1.99. The summed E-state index contributed by atoms with van der Waals surface area (Å²) in [7, 11) is 0. The summed E-state index contributed by atoms with van der Waals surface area (Å²) in [6.07, 6.45) is 3.08. The highest BCUT2D eigenvalue weighted by Crippen LogP contribution is 2.32. The molecule has 3 aromatic rings. The Balaban J connectivity index is 1.40. The second-order valence-corrected chi connectivity index (χ2v) is 6.64. The Hall–Kier alpha value is -3.72. The van der Waals surface area contributed by atoms with Crippen LogP contribution in [0.15, 0.2) is 53.9 Å². The highest BCUT2D eigenvalue weighted by molar-refractivity contribution is 7.14. The molecule has 0 radical (unpaired) electrons. The summed E-state index contributed by atoms with van der Waals surface area (Å²) in [4.78, 5) is 26.7. The van der Waals surface area contributed by atoms with Gasteiger partial charge in [-0.25, -0.2) is 4.98 Å². The van der Waals surface area contributed by atoms with E-state index in [2.05, 4.69) is 10.3 Å². The molecule has 1 amide bonds. The van der Waals surface area contributed by atoms with Crippen molar-refractivity contribution in [1.82, 2.24) is 4.98 Å². The minimum absolute atomic E-state index is 0.0150. The molecule has 0 fully saturated rings. The van der Waals surface area contributed by atoms with Gasteiger partial charge in [-0.05, 0) is 35.9 Å². The highest BCUT2D eigenvalue weighted by Gasteiger charge is 2.13. The smallest absolute Gasteiger partial charge is 0.269 e. The van der Waals surface area contributed by atoms with Gasteiger partial charge in [-0.2, -0.15) is 0 Å². The number of ether oxygens (including phenoxy) is 2. The van der Waals surface area contributed by atoms with Gasteiger partial charge in [-0.15, -0.1) is 11.3 Å². The molecule has 9 heteroatoms. The topological polar surface area (TPSA) is 104 Å². The van der Waals surface area contributed by atoms with E-state index in [4.69, 9.17) is 9.47 Å². The number of anilines is 1. The fraction of sp³-hybridized carbons (Fsp3) is 0.0526. The predicted molar refractivity (Wildman–Crippen MR) is 104 cm³/mol. The normalized spacial score (nSPS) is 12.3. The highest BCUT2D eigenvalue weighted by atomic mass is 32.1. The maximum Gasteiger partial charge on any atom is 0.269 e. The first-order chi connectivity index (χ1) is 13.6. The van der Waals surface area contributed by atoms with Gasteiger partial charge in [-0.3, -0.25) is 20.2 Å². The Labute approximate surface area is 163 Å². The van der Waals surface area contributed by atoms with E-state index < -0.39 is 4.92 Å². The number of carbonyl (C=O) groups is 1. The summed E-state index contributed by atoms with van der Waals surface area (Å²) in [5, 5.41) is 15.6. The molecule has 8 nitrogen and oxygen atoms in total. The molecule has 4 rings (SSSR count). The van der Waals surface area contributed by atoms with E-state index in [1.807, 2.05) is 6.07 Å². The van der Waals surface area contributed by atoms with Crippen LogP contribution in [0.3, 0.4) is 0 Å². The van der Waals surface area contributed by atoms with Gasteiger partial charge in [0.1, 0.15) is 0 Å². The van der Waals surface area contributed by atoms with Crippen LogP contribution in [-0.4, -0.2) is 22.6 Å². The van der Waals surface area contributed by atoms with E-state index in [1.54, 1.807) is 35.7 Å². The molecule has 1 aliphatic heterocycles. The zero-order chi connectivity index (χ0) is 19.5. The van der Waals surface area contributed by atoms with Crippen molar-refractivity contribution >= 4 is 34.1 Å². The van der Waals surface area contributed by atoms with Gasteiger partial charge in [0.05, 0.1) is 10.6 Å². The van der Waals surface area contributed by atoms with Gasteiger partial charge in [0, 0.05) is 29.2 Å². The molecule has 2 heterocycles. The van der Waals surface area contributed by atoms with Crippen molar-refractivity contribution in [3.05, 3.63) is 69.6 Å². The van der Waals surface area contributed by atoms with E-state index in [-0.39, 0.29) is 18.4 Å². The van der Waals surface area contributed by atoms with E-state index >= 15 is 0 Å². The van der Waals surface area contributed by atoms with Crippen LogP contribution < -0.4 is 14.8 Å². The number of benzene rings is 2. The Morgan fingerprint density at radius 1 is 1.18 bits per heavy atom. The number of hydrogen-bond donors (Lipinski definition) is 1. The number of non-ortho nitro benzene ring substituents is 1. The zero-order valence-corrected chi connectivity index (χ0v) is 15.1. The zero-order valence-electron chi connectivity index (χ0n) is 14.3. The second kappa shape index (κ2) is 7.49. The van der Waals surface area contributed by atoms with Crippen molar-refractivity contribution in [2.24, 2.45) is 0 Å². The minimum atomic E-state index is -0.455. The molecule has 0 bridgehead atoms. The van der Waals surface area contributed by atoms with E-state index in [0.717, 1.165) is 11.1 Å². The summed E-state index contributed by atoms with van der Waals surface area (Å²) in [5.74, 6) is 1.01. The number of thiazole rings is 1. The lowest BCUT2D eigenvalue weighted by molar-refractivity contribution is -0.384. The quantitative estimate of drug-likeness (QED) is 0.396. The van der Waals surface area contributed by atoms with Crippen molar-refractivity contribution in [2.75, 3.05) is 12.1 Å². The molecular weight excluding hydrogens is 382 g/mol. The number of nitro benzene ring substituents is 1. The predicted octanol–water partition coefficient (Wildman–Crippen LogP) is 4.10. The van der Waals surface area contributed by atoms with Crippen molar-refractivity contribution in [2.45, 2.75) is 0 Å². The lowest BCUT2D eigenvalue weighted by atomic mass is 10.1. The molecule has 2 aromatic carbocycles. The van der Waals surface area contributed by atoms with Crippen LogP contribution in [-0.2, 0) is 4.79 Å². The summed E-state index contributed by atoms with van der Waals surface area (Å²) >= 11 is 1.27. The molecular formula is C19H13N3O5S. The number of carbonyl (C=O) groups excluding carboxylic acids is 1. The lowest BCUT2D eigenvalue weighted by Crippen LogP contribution is -2.07. The molecule has 1 aliphatic rings. The number of amides is 1. The second-order valence-electron chi connectivity index (χ2n) is 5.78. The summed E-state index contributed by atoms with van der Waals surface area (Å²) < 4.78 is 10.6. The summed E-state index contributed by atoms with van der Waals surface area (Å²) in [6, 6.07) is 11.5. The standard InChI is InChI=1S/C19H13N3O5S/c23-18(8-2-12-1-7-16-17(9-12)27-11-26-16)21-19-20-15(10-28-19)13-3-5-14(6-4-13)22(24)25/h1-10H,11H2,(H,20,21,23). The first-order valence-corrected chi connectivity index (χ1v) is 9.05. The van der Waals surface area contributed by atoms with E-state index in [9.17, 15) is 14.9 Å². The Bertz CT molecular complexity index is 1080. The van der Waals surface area contributed by atoms with E-state index in [0.29, 0.717) is 22.3 Å². The maximum atomic E-state index is 12.1. The number of rotatable bonds is 5. The number of hydrogen-bond acceptors (Lipinski definition) is 7. The molecule has 0 saturated carbocycles. The molecule has 1 N–H and O–H groups in total. The first-order valence-electron chi connectivity index (χ1n) is 8.17. The van der Waals surface area contributed by atoms with Gasteiger partial charge in [-0.1, -0.05) is 6.07 Å². The van der Waals surface area contributed by atoms with Gasteiger partial charge < -0.3 is 9.47 Å². The van der Waals surface area contributed by atoms with E-state index in [1.165, 1.54) is 29.5 Å².